The molecular weight excluding hydrogens is 621 g/mol. The predicted octanol–water partition coefficient (Wildman–Crippen LogP) is 11.4. The minimum Gasteiger partial charge on any atom is -0.311 e. The molecule has 0 N–H and O–H groups in total. The monoisotopic (exact) mass is 662 g/mol. The smallest absolute Gasteiger partial charge is 0.0963 e. The summed E-state index contributed by atoms with van der Waals surface area (Å²) in [6, 6.07) is 44.4. The largest absolute Gasteiger partial charge is 0.311 e. The highest BCUT2D eigenvalue weighted by Crippen LogP contribution is 2.39. The van der Waals surface area contributed by atoms with Crippen LogP contribution >= 0.6 is 0 Å². The topological polar surface area (TPSA) is 35.6 Å². The van der Waals surface area contributed by atoms with E-state index in [-0.39, 0.29) is 10.8 Å². The van der Waals surface area contributed by atoms with Crippen molar-refractivity contribution in [2.75, 3.05) is 0 Å². The van der Waals surface area contributed by atoms with Gasteiger partial charge < -0.3 is 9.13 Å². The first-order chi connectivity index (χ1) is 24.7. The summed E-state index contributed by atoms with van der Waals surface area (Å²) in [7, 11) is 0. The molecule has 0 radical (unpaired) electrons. The lowest BCUT2D eigenvalue weighted by Crippen LogP contribution is -2.21. The molecule has 4 aromatic carbocycles. The van der Waals surface area contributed by atoms with Gasteiger partial charge >= 0.3 is 0 Å². The van der Waals surface area contributed by atoms with Gasteiger partial charge in [0.25, 0.3) is 0 Å². The fourth-order valence-corrected chi connectivity index (χ4v) is 8.24. The number of aromatic nitrogens is 4. The van der Waals surface area contributed by atoms with Gasteiger partial charge in [0.05, 0.1) is 27.6 Å². The summed E-state index contributed by atoms with van der Waals surface area (Å²) in [4.78, 5) is 9.47. The number of hydrogen-bond acceptors (Lipinski definition) is 2. The second kappa shape index (κ2) is 11.7. The standard InChI is InChI=1S/C47H42N4/c1-31-14-27-39-43(30-31)51(42-13-9-29-49-45(39)42)37-25-21-35(22-26-37)47(4,5)33-17-15-32(16-18-33)46(2,3)34-19-23-36(24-20-34)50-40-11-7-6-10-38(40)44-41(50)12-8-28-48-44/h6-29,31H,30H2,1-5H3. The van der Waals surface area contributed by atoms with Crippen LogP contribution in [0.25, 0.3) is 50.4 Å². The zero-order chi connectivity index (χ0) is 34.9. The van der Waals surface area contributed by atoms with E-state index in [1.807, 2.05) is 24.5 Å². The maximum Gasteiger partial charge on any atom is 0.0963 e. The molecule has 1 aliphatic rings. The SMILES string of the molecule is CC1C=Cc2c(n(-c3ccc(C(C)(C)c4ccc(C(C)(C)c5ccc(-n6c7ccccc7c7ncccc76)cc5)cc4)cc3)c3cccnc23)C1. The molecule has 4 nitrogen and oxygen atoms in total. The van der Waals surface area contributed by atoms with E-state index < -0.39 is 0 Å². The van der Waals surface area contributed by atoms with E-state index in [9.17, 15) is 0 Å². The Labute approximate surface area is 299 Å². The van der Waals surface area contributed by atoms with Crippen molar-refractivity contribution >= 4 is 39.0 Å². The summed E-state index contributed by atoms with van der Waals surface area (Å²) in [6.45, 7) is 11.6. The summed E-state index contributed by atoms with van der Waals surface area (Å²) in [5.74, 6) is 0.509. The predicted molar refractivity (Wildman–Crippen MR) is 212 cm³/mol. The van der Waals surface area contributed by atoms with Gasteiger partial charge in [0.2, 0.25) is 0 Å². The fraction of sp³-hybridized carbons (Fsp3) is 0.191. The summed E-state index contributed by atoms with van der Waals surface area (Å²) in [5.41, 5.74) is 15.4. The van der Waals surface area contributed by atoms with Crippen molar-refractivity contribution in [1.29, 1.82) is 0 Å². The highest BCUT2D eigenvalue weighted by atomic mass is 15.0. The molecule has 0 aliphatic heterocycles. The van der Waals surface area contributed by atoms with Crippen LogP contribution in [-0.2, 0) is 17.3 Å². The Hall–Kier alpha value is -5.74. The third kappa shape index (κ3) is 4.96. The minimum absolute atomic E-state index is 0.156. The molecule has 1 aliphatic carbocycles. The number of nitrogens with zero attached hydrogens (tertiary/aromatic N) is 4. The molecule has 1 unspecified atom stereocenters. The highest BCUT2D eigenvalue weighted by Gasteiger charge is 2.28. The fourth-order valence-electron chi connectivity index (χ4n) is 8.24. The Bertz CT molecular complexity index is 2540. The van der Waals surface area contributed by atoms with Gasteiger partial charge in [-0.2, -0.15) is 0 Å². The Kier molecular flexibility index (Phi) is 7.15. The van der Waals surface area contributed by atoms with E-state index in [1.165, 1.54) is 55.6 Å². The van der Waals surface area contributed by atoms with Gasteiger partial charge in [-0.25, -0.2) is 0 Å². The van der Waals surface area contributed by atoms with Crippen molar-refractivity contribution in [2.24, 2.45) is 5.92 Å². The Morgan fingerprint density at radius 1 is 0.529 bits per heavy atom. The third-order valence-corrected chi connectivity index (χ3v) is 11.4. The van der Waals surface area contributed by atoms with Crippen LogP contribution in [0.5, 0.6) is 0 Å². The molecule has 0 saturated heterocycles. The van der Waals surface area contributed by atoms with Gasteiger partial charge in [0.1, 0.15) is 0 Å². The first kappa shape index (κ1) is 31.3. The van der Waals surface area contributed by atoms with Crippen LogP contribution in [0.2, 0.25) is 0 Å². The third-order valence-electron chi connectivity index (χ3n) is 11.4. The normalized spacial score (nSPS) is 14.8. The second-order valence-corrected chi connectivity index (χ2v) is 15.3. The lowest BCUT2D eigenvalue weighted by Gasteiger charge is -2.30. The molecule has 4 heterocycles. The van der Waals surface area contributed by atoms with Gasteiger partial charge in [0, 0.05) is 51.2 Å². The van der Waals surface area contributed by atoms with Gasteiger partial charge in [-0.1, -0.05) is 114 Å². The molecule has 4 heteroatoms. The Morgan fingerprint density at radius 3 is 1.59 bits per heavy atom. The van der Waals surface area contributed by atoms with Crippen molar-refractivity contribution in [2.45, 2.75) is 51.9 Å². The number of hydrogen-bond donors (Lipinski definition) is 0. The average molecular weight is 663 g/mol. The van der Waals surface area contributed by atoms with E-state index in [1.54, 1.807) is 0 Å². The number of fused-ring (bicyclic) bond motifs is 6. The maximum absolute atomic E-state index is 4.76. The van der Waals surface area contributed by atoms with E-state index in [4.69, 9.17) is 9.97 Å². The van der Waals surface area contributed by atoms with Crippen molar-refractivity contribution in [3.05, 3.63) is 173 Å². The minimum atomic E-state index is -0.161. The van der Waals surface area contributed by atoms with Crippen LogP contribution < -0.4 is 0 Å². The van der Waals surface area contributed by atoms with E-state index >= 15 is 0 Å². The molecule has 0 bridgehead atoms. The first-order valence-electron chi connectivity index (χ1n) is 18.1. The van der Waals surface area contributed by atoms with Gasteiger partial charge in [0.15, 0.2) is 0 Å². The van der Waals surface area contributed by atoms with Crippen molar-refractivity contribution in [3.8, 4) is 11.4 Å². The van der Waals surface area contributed by atoms with Crippen molar-refractivity contribution in [1.82, 2.24) is 19.1 Å². The molecule has 0 fully saturated rings. The lowest BCUT2D eigenvalue weighted by molar-refractivity contribution is 0.626. The molecule has 1 atom stereocenters. The molecule has 0 amide bonds. The number of rotatable bonds is 6. The average Bonchev–Trinajstić information content (AvgIpc) is 3.67. The molecule has 51 heavy (non-hydrogen) atoms. The molecule has 8 aromatic rings. The summed E-state index contributed by atoms with van der Waals surface area (Å²) in [5, 5.41) is 1.18. The number of allylic oxidation sites excluding steroid dienone is 1. The molecule has 250 valence electrons. The zero-order valence-corrected chi connectivity index (χ0v) is 29.9. The number of benzene rings is 4. The maximum atomic E-state index is 4.76. The zero-order valence-electron chi connectivity index (χ0n) is 29.9. The van der Waals surface area contributed by atoms with Crippen molar-refractivity contribution in [3.63, 3.8) is 0 Å². The first-order valence-corrected chi connectivity index (χ1v) is 18.1. The van der Waals surface area contributed by atoms with Crippen LogP contribution in [0.1, 0.15) is 68.1 Å². The molecular formula is C47H42N4. The Morgan fingerprint density at radius 2 is 1.00 bits per heavy atom. The van der Waals surface area contributed by atoms with E-state index in [0.717, 1.165) is 28.7 Å². The summed E-state index contributed by atoms with van der Waals surface area (Å²) in [6.07, 6.45) is 9.36. The quantitative estimate of drug-likeness (QED) is 0.178. The summed E-state index contributed by atoms with van der Waals surface area (Å²) >= 11 is 0. The van der Waals surface area contributed by atoms with Crippen LogP contribution in [0, 0.1) is 5.92 Å². The van der Waals surface area contributed by atoms with E-state index in [0.29, 0.717) is 5.92 Å². The van der Waals surface area contributed by atoms with Crippen LogP contribution in [0.4, 0.5) is 0 Å². The van der Waals surface area contributed by atoms with Crippen LogP contribution in [0.15, 0.2) is 140 Å². The highest BCUT2D eigenvalue weighted by molar-refractivity contribution is 6.06. The van der Waals surface area contributed by atoms with Gasteiger partial charge in [-0.15, -0.1) is 0 Å². The molecule has 0 saturated carbocycles. The summed E-state index contributed by atoms with van der Waals surface area (Å²) < 4.78 is 4.74. The number of pyridine rings is 2. The van der Waals surface area contributed by atoms with E-state index in [2.05, 4.69) is 165 Å². The molecule has 4 aromatic heterocycles. The van der Waals surface area contributed by atoms with Gasteiger partial charge in [-0.05, 0) is 89.2 Å². The number of para-hydroxylation sites is 1. The lowest BCUT2D eigenvalue weighted by atomic mass is 9.74. The Balaban J connectivity index is 0.990. The molecule has 0 spiro atoms. The van der Waals surface area contributed by atoms with Crippen molar-refractivity contribution < 1.29 is 0 Å². The van der Waals surface area contributed by atoms with Gasteiger partial charge in [-0.3, -0.25) is 9.97 Å². The van der Waals surface area contributed by atoms with Crippen LogP contribution in [0.3, 0.4) is 0 Å². The molecule has 9 rings (SSSR count). The second-order valence-electron chi connectivity index (χ2n) is 15.3. The van der Waals surface area contributed by atoms with Crippen LogP contribution in [-0.4, -0.2) is 19.1 Å².